The van der Waals surface area contributed by atoms with E-state index in [-0.39, 0.29) is 16.7 Å². The van der Waals surface area contributed by atoms with E-state index in [2.05, 4.69) is 10.3 Å². The number of fused-ring (bicyclic) bond motifs is 1. The molecule has 31 heavy (non-hydrogen) atoms. The standard InChI is InChI=1S/C21H24N4O6/c1-11(12-9-15(29-4)17(31-6)16(10-12)30-5)22-19(26)14-8-7-13-18(23-14)24(2)21(28)25(3)20(13)27/h7-11H,1-6H3,(H,22,26). The number of carbonyl (C=O) groups excluding carboxylic acids is 1. The van der Waals surface area contributed by atoms with Gasteiger partial charge in [-0.25, -0.2) is 9.78 Å². The molecule has 0 saturated carbocycles. The zero-order valence-electron chi connectivity index (χ0n) is 18.2. The number of ether oxygens (including phenoxy) is 3. The number of nitrogens with zero attached hydrogens (tertiary/aromatic N) is 3. The van der Waals surface area contributed by atoms with Crippen molar-refractivity contribution in [2.45, 2.75) is 13.0 Å². The number of hydrogen-bond donors (Lipinski definition) is 1. The van der Waals surface area contributed by atoms with Crippen LogP contribution in [0.15, 0.2) is 33.9 Å². The molecule has 1 N–H and O–H groups in total. The summed E-state index contributed by atoms with van der Waals surface area (Å²) < 4.78 is 18.3. The highest BCUT2D eigenvalue weighted by molar-refractivity contribution is 5.94. The minimum absolute atomic E-state index is 0.0787. The summed E-state index contributed by atoms with van der Waals surface area (Å²) >= 11 is 0. The van der Waals surface area contributed by atoms with E-state index in [1.807, 2.05) is 0 Å². The monoisotopic (exact) mass is 428 g/mol. The van der Waals surface area contributed by atoms with Crippen LogP contribution in [0.25, 0.3) is 11.0 Å². The fourth-order valence-corrected chi connectivity index (χ4v) is 3.29. The zero-order valence-corrected chi connectivity index (χ0v) is 18.2. The summed E-state index contributed by atoms with van der Waals surface area (Å²) in [6.45, 7) is 1.80. The van der Waals surface area contributed by atoms with Crippen LogP contribution >= 0.6 is 0 Å². The van der Waals surface area contributed by atoms with E-state index in [1.54, 1.807) is 19.1 Å². The van der Waals surface area contributed by atoms with E-state index >= 15 is 0 Å². The van der Waals surface area contributed by atoms with E-state index in [9.17, 15) is 14.4 Å². The Bertz CT molecular complexity index is 1250. The molecular formula is C21H24N4O6. The number of aryl methyl sites for hydroxylation is 1. The van der Waals surface area contributed by atoms with Gasteiger partial charge >= 0.3 is 5.69 Å². The molecule has 10 heteroatoms. The third kappa shape index (κ3) is 3.83. The number of hydrogen-bond acceptors (Lipinski definition) is 7. The molecule has 2 aromatic heterocycles. The number of benzene rings is 1. The Labute approximate surface area is 178 Å². The molecule has 0 fully saturated rings. The maximum absolute atomic E-state index is 12.8. The van der Waals surface area contributed by atoms with Crippen LogP contribution in [0.2, 0.25) is 0 Å². The van der Waals surface area contributed by atoms with Crippen molar-refractivity contribution in [3.8, 4) is 17.2 Å². The van der Waals surface area contributed by atoms with E-state index in [0.717, 1.165) is 10.1 Å². The van der Waals surface area contributed by atoms with Crippen LogP contribution in [0, 0.1) is 0 Å². The lowest BCUT2D eigenvalue weighted by Gasteiger charge is -2.19. The Balaban J connectivity index is 1.95. The molecule has 0 saturated heterocycles. The molecule has 164 valence electrons. The maximum atomic E-state index is 12.8. The van der Waals surface area contributed by atoms with Crippen molar-refractivity contribution in [1.29, 1.82) is 0 Å². The van der Waals surface area contributed by atoms with Crippen LogP contribution < -0.4 is 30.8 Å². The van der Waals surface area contributed by atoms with Crippen LogP contribution in [0.1, 0.15) is 29.0 Å². The van der Waals surface area contributed by atoms with Gasteiger partial charge in [-0.2, -0.15) is 0 Å². The van der Waals surface area contributed by atoms with Crippen molar-refractivity contribution in [3.63, 3.8) is 0 Å². The first kappa shape index (κ1) is 21.9. The molecule has 1 atom stereocenters. The van der Waals surface area contributed by atoms with E-state index < -0.39 is 23.2 Å². The van der Waals surface area contributed by atoms with Crippen LogP contribution in [0.4, 0.5) is 0 Å². The van der Waals surface area contributed by atoms with Gasteiger partial charge in [0.25, 0.3) is 11.5 Å². The lowest BCUT2D eigenvalue weighted by Crippen LogP contribution is -2.37. The molecule has 3 rings (SSSR count). The summed E-state index contributed by atoms with van der Waals surface area (Å²) in [5.41, 5.74) is -0.0437. The van der Waals surface area contributed by atoms with Gasteiger partial charge in [-0.15, -0.1) is 0 Å². The van der Waals surface area contributed by atoms with Crippen molar-refractivity contribution in [3.05, 3.63) is 56.4 Å². The van der Waals surface area contributed by atoms with Crippen molar-refractivity contribution in [1.82, 2.24) is 19.4 Å². The first-order valence-corrected chi connectivity index (χ1v) is 9.41. The first-order valence-electron chi connectivity index (χ1n) is 9.41. The molecule has 0 aliphatic heterocycles. The molecule has 0 radical (unpaired) electrons. The number of rotatable bonds is 6. The maximum Gasteiger partial charge on any atom is 0.332 e. The van der Waals surface area contributed by atoms with Gasteiger partial charge in [0.15, 0.2) is 11.5 Å². The molecule has 2 heterocycles. The zero-order chi connectivity index (χ0) is 22.9. The number of aromatic nitrogens is 3. The SMILES string of the molecule is COc1cc(C(C)NC(=O)c2ccc3c(=O)n(C)c(=O)n(C)c3n2)cc(OC)c1OC. The Morgan fingerprint density at radius 2 is 1.61 bits per heavy atom. The second kappa shape index (κ2) is 8.50. The van der Waals surface area contributed by atoms with Gasteiger partial charge in [-0.1, -0.05) is 0 Å². The Hall–Kier alpha value is -3.82. The summed E-state index contributed by atoms with van der Waals surface area (Å²) in [6, 6.07) is 6.00. The number of amides is 1. The molecule has 0 aliphatic rings. The predicted molar refractivity (Wildman–Crippen MR) is 114 cm³/mol. The molecule has 1 aromatic carbocycles. The summed E-state index contributed by atoms with van der Waals surface area (Å²) in [5, 5.41) is 3.10. The lowest BCUT2D eigenvalue weighted by atomic mass is 10.1. The molecule has 0 aliphatic carbocycles. The molecule has 10 nitrogen and oxygen atoms in total. The van der Waals surface area contributed by atoms with Crippen molar-refractivity contribution in [2.75, 3.05) is 21.3 Å². The number of methoxy groups -OCH3 is 3. The van der Waals surface area contributed by atoms with Gasteiger partial charge in [0.2, 0.25) is 5.75 Å². The first-order chi connectivity index (χ1) is 14.7. The van der Waals surface area contributed by atoms with Crippen molar-refractivity contribution < 1.29 is 19.0 Å². The molecule has 0 bridgehead atoms. The molecule has 0 spiro atoms. The Morgan fingerprint density at radius 3 is 2.16 bits per heavy atom. The summed E-state index contributed by atoms with van der Waals surface area (Å²) in [4.78, 5) is 41.5. The highest BCUT2D eigenvalue weighted by Crippen LogP contribution is 2.39. The van der Waals surface area contributed by atoms with Crippen LogP contribution in [0.5, 0.6) is 17.2 Å². The second-order valence-corrected chi connectivity index (χ2v) is 6.93. The Morgan fingerprint density at radius 1 is 1.00 bits per heavy atom. The number of nitrogens with one attached hydrogen (secondary N) is 1. The second-order valence-electron chi connectivity index (χ2n) is 6.93. The normalized spacial score (nSPS) is 11.8. The van der Waals surface area contributed by atoms with E-state index in [1.165, 1.54) is 52.1 Å². The quantitative estimate of drug-likeness (QED) is 0.626. The van der Waals surface area contributed by atoms with Gasteiger partial charge in [-0.3, -0.25) is 18.7 Å². The van der Waals surface area contributed by atoms with E-state index in [4.69, 9.17) is 14.2 Å². The highest BCUT2D eigenvalue weighted by Gasteiger charge is 2.19. The fraction of sp³-hybridized carbons (Fsp3) is 0.333. The topological polar surface area (TPSA) is 114 Å². The molecule has 3 aromatic rings. The van der Waals surface area contributed by atoms with Crippen molar-refractivity contribution in [2.24, 2.45) is 14.1 Å². The smallest absolute Gasteiger partial charge is 0.332 e. The fourth-order valence-electron chi connectivity index (χ4n) is 3.29. The molecular weight excluding hydrogens is 404 g/mol. The van der Waals surface area contributed by atoms with Gasteiger partial charge in [0, 0.05) is 14.1 Å². The van der Waals surface area contributed by atoms with Crippen LogP contribution in [-0.2, 0) is 14.1 Å². The average molecular weight is 428 g/mol. The third-order valence-corrected chi connectivity index (χ3v) is 5.07. The van der Waals surface area contributed by atoms with Gasteiger partial charge < -0.3 is 19.5 Å². The van der Waals surface area contributed by atoms with Crippen LogP contribution in [-0.4, -0.2) is 41.4 Å². The molecule has 1 amide bonds. The lowest BCUT2D eigenvalue weighted by molar-refractivity contribution is 0.0935. The van der Waals surface area contributed by atoms with Crippen LogP contribution in [0.3, 0.4) is 0 Å². The Kier molecular flexibility index (Phi) is 6.00. The minimum Gasteiger partial charge on any atom is -0.493 e. The van der Waals surface area contributed by atoms with E-state index in [0.29, 0.717) is 17.2 Å². The highest BCUT2D eigenvalue weighted by atomic mass is 16.5. The third-order valence-electron chi connectivity index (χ3n) is 5.07. The largest absolute Gasteiger partial charge is 0.493 e. The number of carbonyl (C=O) groups is 1. The summed E-state index contributed by atoms with van der Waals surface area (Å²) in [6.07, 6.45) is 0. The molecule has 1 unspecified atom stereocenters. The average Bonchev–Trinajstić information content (AvgIpc) is 2.79. The van der Waals surface area contributed by atoms with Gasteiger partial charge in [0.05, 0.1) is 32.8 Å². The van der Waals surface area contributed by atoms with Crippen molar-refractivity contribution >= 4 is 16.9 Å². The predicted octanol–water partition coefficient (Wildman–Crippen LogP) is 1.15. The summed E-state index contributed by atoms with van der Waals surface area (Å²) in [5.74, 6) is 0.919. The van der Waals surface area contributed by atoms with Gasteiger partial charge in [-0.05, 0) is 36.8 Å². The number of pyridine rings is 1. The van der Waals surface area contributed by atoms with Gasteiger partial charge in [0.1, 0.15) is 11.3 Å². The summed E-state index contributed by atoms with van der Waals surface area (Å²) in [7, 11) is 7.42. The minimum atomic E-state index is -0.520.